The highest BCUT2D eigenvalue weighted by atomic mass is 16.1. The monoisotopic (exact) mass is 232 g/mol. The fourth-order valence-electron chi connectivity index (χ4n) is 1.38. The van der Waals surface area contributed by atoms with Gasteiger partial charge in [0, 0.05) is 17.5 Å². The van der Waals surface area contributed by atoms with Gasteiger partial charge < -0.3 is 5.32 Å². The molecule has 0 fully saturated rings. The van der Waals surface area contributed by atoms with Gasteiger partial charge >= 0.3 is 0 Å². The van der Waals surface area contributed by atoms with Crippen molar-refractivity contribution in [1.82, 2.24) is 30.9 Å². The molecule has 0 aliphatic rings. The molecule has 0 aliphatic carbocycles. The number of pyridine rings is 1. The molecule has 7 heteroatoms. The number of carbonyl (C=O) groups is 1. The lowest BCUT2D eigenvalue weighted by Gasteiger charge is -2.09. The van der Waals surface area contributed by atoms with Crippen molar-refractivity contribution in [2.75, 3.05) is 0 Å². The zero-order chi connectivity index (χ0) is 12.3. The van der Waals surface area contributed by atoms with Crippen molar-refractivity contribution >= 4 is 5.91 Å². The molecule has 7 nitrogen and oxygen atoms in total. The minimum Gasteiger partial charge on any atom is -0.342 e. The van der Waals surface area contributed by atoms with Crippen LogP contribution in [0.4, 0.5) is 0 Å². The lowest BCUT2D eigenvalue weighted by Crippen LogP contribution is -2.27. The third-order valence-electron chi connectivity index (χ3n) is 2.26. The highest BCUT2D eigenvalue weighted by Gasteiger charge is 2.14. The van der Waals surface area contributed by atoms with Gasteiger partial charge in [-0.25, -0.2) is 0 Å². The Hall–Kier alpha value is -2.31. The summed E-state index contributed by atoms with van der Waals surface area (Å²) in [6, 6.07) is 3.08. The van der Waals surface area contributed by atoms with Gasteiger partial charge in [-0.15, -0.1) is 10.2 Å². The van der Waals surface area contributed by atoms with E-state index in [2.05, 4.69) is 30.9 Å². The summed E-state index contributed by atoms with van der Waals surface area (Å²) >= 11 is 0. The predicted octanol–water partition coefficient (Wildman–Crippen LogP) is 0.394. The molecule has 1 amide bonds. The summed E-state index contributed by atoms with van der Waals surface area (Å²) in [6.07, 6.45) is 1.60. The summed E-state index contributed by atoms with van der Waals surface area (Å²) in [5.74, 6) is 0.261. The number of nitrogens with one attached hydrogen (secondary N) is 2. The van der Waals surface area contributed by atoms with Crippen LogP contribution >= 0.6 is 0 Å². The number of aromatic nitrogens is 5. The minimum atomic E-state index is -0.297. The van der Waals surface area contributed by atoms with E-state index in [1.54, 1.807) is 25.3 Å². The summed E-state index contributed by atoms with van der Waals surface area (Å²) in [6.45, 7) is 3.62. The largest absolute Gasteiger partial charge is 0.342 e. The van der Waals surface area contributed by atoms with Crippen LogP contribution in [0.5, 0.6) is 0 Å². The van der Waals surface area contributed by atoms with Gasteiger partial charge in [-0.2, -0.15) is 5.21 Å². The summed E-state index contributed by atoms with van der Waals surface area (Å²) in [4.78, 5) is 15.9. The minimum absolute atomic E-state index is 0.187. The maximum atomic E-state index is 11.9. The van der Waals surface area contributed by atoms with Gasteiger partial charge in [-0.3, -0.25) is 9.78 Å². The maximum absolute atomic E-state index is 11.9. The molecule has 0 bridgehead atoms. The molecule has 2 heterocycles. The first kappa shape index (κ1) is 11.2. The lowest BCUT2D eigenvalue weighted by atomic mass is 10.2. The Bertz CT molecular complexity index is 509. The average Bonchev–Trinajstić information content (AvgIpc) is 2.82. The predicted molar refractivity (Wildman–Crippen MR) is 59.0 cm³/mol. The second kappa shape index (κ2) is 4.69. The zero-order valence-electron chi connectivity index (χ0n) is 9.51. The van der Waals surface area contributed by atoms with Gasteiger partial charge in [0.05, 0.1) is 6.04 Å². The van der Waals surface area contributed by atoms with Crippen LogP contribution in [0.2, 0.25) is 0 Å². The van der Waals surface area contributed by atoms with E-state index in [1.165, 1.54) is 0 Å². The van der Waals surface area contributed by atoms with Crippen molar-refractivity contribution in [3.63, 3.8) is 0 Å². The van der Waals surface area contributed by atoms with E-state index in [1.807, 2.05) is 6.92 Å². The Morgan fingerprint density at radius 2 is 2.35 bits per heavy atom. The Morgan fingerprint density at radius 3 is 3.00 bits per heavy atom. The Balaban J connectivity index is 2.07. The van der Waals surface area contributed by atoms with Crippen LogP contribution in [-0.2, 0) is 0 Å². The second-order valence-corrected chi connectivity index (χ2v) is 3.65. The van der Waals surface area contributed by atoms with Crippen molar-refractivity contribution in [3.05, 3.63) is 35.4 Å². The summed E-state index contributed by atoms with van der Waals surface area (Å²) in [5, 5.41) is 16.2. The molecule has 1 atom stereocenters. The van der Waals surface area contributed by atoms with E-state index in [9.17, 15) is 4.79 Å². The van der Waals surface area contributed by atoms with E-state index in [-0.39, 0.29) is 11.9 Å². The Labute approximate surface area is 97.7 Å². The molecule has 2 N–H and O–H groups in total. The number of rotatable bonds is 3. The van der Waals surface area contributed by atoms with Crippen molar-refractivity contribution in [2.45, 2.75) is 19.9 Å². The van der Waals surface area contributed by atoms with Gasteiger partial charge in [-0.1, -0.05) is 5.21 Å². The number of amides is 1. The Morgan fingerprint density at radius 1 is 1.53 bits per heavy atom. The zero-order valence-corrected chi connectivity index (χ0v) is 9.51. The van der Waals surface area contributed by atoms with E-state index in [4.69, 9.17) is 0 Å². The summed E-state index contributed by atoms with van der Waals surface area (Å²) < 4.78 is 0. The number of H-pyrrole nitrogens is 1. The standard InChI is InChI=1S/C10H12N6O/c1-6-5-8(3-4-11-6)10(17)12-7(2)9-13-15-16-14-9/h3-5,7H,1-2H3,(H,12,17)(H,13,14,15,16). The van der Waals surface area contributed by atoms with E-state index in [0.29, 0.717) is 11.4 Å². The van der Waals surface area contributed by atoms with Gasteiger partial charge in [0.2, 0.25) is 0 Å². The van der Waals surface area contributed by atoms with E-state index >= 15 is 0 Å². The first-order chi connectivity index (χ1) is 8.16. The van der Waals surface area contributed by atoms with Crippen LogP contribution in [0, 0.1) is 6.92 Å². The van der Waals surface area contributed by atoms with E-state index < -0.39 is 0 Å². The van der Waals surface area contributed by atoms with Crippen molar-refractivity contribution in [1.29, 1.82) is 0 Å². The van der Waals surface area contributed by atoms with Crippen molar-refractivity contribution in [2.24, 2.45) is 0 Å². The molecule has 0 saturated heterocycles. The number of aromatic amines is 1. The molecule has 0 spiro atoms. The average molecular weight is 232 g/mol. The fourth-order valence-corrected chi connectivity index (χ4v) is 1.38. The number of carbonyl (C=O) groups excluding carboxylic acids is 1. The molecule has 0 saturated carbocycles. The van der Waals surface area contributed by atoms with Gasteiger partial charge in [0.15, 0.2) is 5.82 Å². The highest BCUT2D eigenvalue weighted by Crippen LogP contribution is 2.06. The molecular weight excluding hydrogens is 220 g/mol. The molecule has 0 radical (unpaired) electrons. The number of aryl methyl sites for hydroxylation is 1. The normalized spacial score (nSPS) is 12.1. The number of nitrogens with zero attached hydrogens (tertiary/aromatic N) is 4. The SMILES string of the molecule is Cc1cc(C(=O)NC(C)c2nn[nH]n2)ccn1. The van der Waals surface area contributed by atoms with Crippen molar-refractivity contribution < 1.29 is 4.79 Å². The summed E-state index contributed by atoms with van der Waals surface area (Å²) in [5.41, 5.74) is 1.36. The van der Waals surface area contributed by atoms with Gasteiger partial charge in [0.1, 0.15) is 0 Å². The van der Waals surface area contributed by atoms with Crippen molar-refractivity contribution in [3.8, 4) is 0 Å². The van der Waals surface area contributed by atoms with Crippen LogP contribution in [0.15, 0.2) is 18.3 Å². The number of hydrogen-bond acceptors (Lipinski definition) is 5. The molecule has 2 rings (SSSR count). The van der Waals surface area contributed by atoms with Crippen LogP contribution in [0.1, 0.15) is 34.8 Å². The second-order valence-electron chi connectivity index (χ2n) is 3.65. The molecule has 88 valence electrons. The van der Waals surface area contributed by atoms with Gasteiger partial charge in [0.25, 0.3) is 5.91 Å². The smallest absolute Gasteiger partial charge is 0.251 e. The third-order valence-corrected chi connectivity index (χ3v) is 2.26. The topological polar surface area (TPSA) is 96.5 Å². The van der Waals surface area contributed by atoms with Crippen LogP contribution in [-0.4, -0.2) is 31.5 Å². The van der Waals surface area contributed by atoms with Crippen LogP contribution in [0.3, 0.4) is 0 Å². The summed E-state index contributed by atoms with van der Waals surface area (Å²) in [7, 11) is 0. The Kier molecular flexibility index (Phi) is 3.08. The van der Waals surface area contributed by atoms with Crippen LogP contribution in [0.25, 0.3) is 0 Å². The molecule has 1 unspecified atom stereocenters. The first-order valence-electron chi connectivity index (χ1n) is 5.13. The molecule has 0 aromatic carbocycles. The number of hydrogen-bond donors (Lipinski definition) is 2. The number of tetrazole rings is 1. The molecule has 0 aliphatic heterocycles. The van der Waals surface area contributed by atoms with E-state index in [0.717, 1.165) is 5.69 Å². The molecule has 17 heavy (non-hydrogen) atoms. The van der Waals surface area contributed by atoms with Crippen LogP contribution < -0.4 is 5.32 Å². The molecule has 2 aromatic heterocycles. The first-order valence-corrected chi connectivity index (χ1v) is 5.13. The fraction of sp³-hybridized carbons (Fsp3) is 0.300. The molecular formula is C10H12N6O. The molecule has 2 aromatic rings. The highest BCUT2D eigenvalue weighted by molar-refractivity contribution is 5.94. The third kappa shape index (κ3) is 2.63. The van der Waals surface area contributed by atoms with Gasteiger partial charge in [-0.05, 0) is 26.0 Å². The lowest BCUT2D eigenvalue weighted by molar-refractivity contribution is 0.0938. The maximum Gasteiger partial charge on any atom is 0.251 e. The quantitative estimate of drug-likeness (QED) is 0.798.